The fourth-order valence-electron chi connectivity index (χ4n) is 4.72. The van der Waals surface area contributed by atoms with E-state index in [1.54, 1.807) is 31.8 Å². The van der Waals surface area contributed by atoms with Crippen molar-refractivity contribution in [3.05, 3.63) is 36.2 Å². The number of hydrogen-bond donors (Lipinski definition) is 7. The average Bonchev–Trinajstić information content (AvgIpc) is 3.70. The molecule has 0 bridgehead atoms. The highest BCUT2D eigenvalue weighted by Gasteiger charge is 2.42. The molecule has 0 saturated heterocycles. The van der Waals surface area contributed by atoms with E-state index in [0.717, 1.165) is 0 Å². The van der Waals surface area contributed by atoms with Crippen LogP contribution in [0.15, 0.2) is 30.5 Å². The van der Waals surface area contributed by atoms with Gasteiger partial charge in [0.25, 0.3) is 0 Å². The van der Waals surface area contributed by atoms with Gasteiger partial charge in [-0.25, -0.2) is 0 Å². The fraction of sp³-hybridized carbons (Fsp3) is 0.657. The Morgan fingerprint density at radius 2 is 1.25 bits per heavy atom. The first-order chi connectivity index (χ1) is 23.8. The number of aromatic nitrogens is 3. The third-order valence-electron chi connectivity index (χ3n) is 8.28. The number of rotatable bonds is 19. The van der Waals surface area contributed by atoms with Gasteiger partial charge in [0.05, 0.1) is 18.3 Å². The third kappa shape index (κ3) is 12.8. The lowest BCUT2D eigenvalue weighted by Crippen LogP contribution is -2.68. The summed E-state index contributed by atoms with van der Waals surface area (Å²) in [6, 6.07) is -1.05. The standard InChI is InChI=1S/C35H58N10O7/c1-31(2,36)26(47)38-24(17-14-18-45-20-23(21-52-11)43-44-45)25(46)39-33(5,6)28(49)41-35(9,10)30(51)42-34(7,8)29(50)40-32(3,4)27(48)37-19-22-15-12-13-16-22/h12-13,15-16,20,22,24H,14,17-19,21,36H2,1-11H3,(H,37,48)(H,38,47)(H,39,46)(H,40,50)(H,41,49)(H,42,51)/t24-/m0/s1. The molecule has 6 amide bonds. The number of aryl methyl sites for hydroxylation is 1. The molecule has 1 aliphatic carbocycles. The van der Waals surface area contributed by atoms with Gasteiger partial charge in [-0.3, -0.25) is 33.4 Å². The Labute approximate surface area is 306 Å². The van der Waals surface area contributed by atoms with Crippen LogP contribution < -0.4 is 37.6 Å². The van der Waals surface area contributed by atoms with Crippen molar-refractivity contribution in [1.29, 1.82) is 0 Å². The van der Waals surface area contributed by atoms with Crippen LogP contribution in [0, 0.1) is 5.92 Å². The van der Waals surface area contributed by atoms with Crippen LogP contribution in [0.1, 0.15) is 87.8 Å². The highest BCUT2D eigenvalue weighted by Crippen LogP contribution is 2.15. The van der Waals surface area contributed by atoms with Crippen LogP contribution in [0.4, 0.5) is 0 Å². The second-order valence-corrected chi connectivity index (χ2v) is 15.8. The molecular formula is C35H58N10O7. The van der Waals surface area contributed by atoms with Gasteiger partial charge in [0.15, 0.2) is 0 Å². The van der Waals surface area contributed by atoms with Crippen LogP contribution in [-0.2, 0) is 46.7 Å². The minimum Gasteiger partial charge on any atom is -0.378 e. The summed E-state index contributed by atoms with van der Waals surface area (Å²) in [7, 11) is 1.55. The first-order valence-corrected chi connectivity index (χ1v) is 17.2. The lowest BCUT2D eigenvalue weighted by Gasteiger charge is -2.36. The van der Waals surface area contributed by atoms with Crippen molar-refractivity contribution in [1.82, 2.24) is 46.9 Å². The van der Waals surface area contributed by atoms with E-state index in [1.807, 2.05) is 24.3 Å². The predicted molar refractivity (Wildman–Crippen MR) is 194 cm³/mol. The lowest BCUT2D eigenvalue weighted by atomic mass is 9.95. The van der Waals surface area contributed by atoms with Crippen molar-refractivity contribution < 1.29 is 33.5 Å². The maximum Gasteiger partial charge on any atom is 0.246 e. The zero-order valence-electron chi connectivity index (χ0n) is 32.4. The number of hydrogen-bond acceptors (Lipinski definition) is 10. The summed E-state index contributed by atoms with van der Waals surface area (Å²) >= 11 is 0. The molecule has 1 atom stereocenters. The largest absolute Gasteiger partial charge is 0.378 e. The first kappa shape index (κ1) is 43.5. The molecular weight excluding hydrogens is 672 g/mol. The van der Waals surface area contributed by atoms with Crippen LogP contribution in [0.5, 0.6) is 0 Å². The molecule has 0 radical (unpaired) electrons. The quantitative estimate of drug-likeness (QED) is 0.0995. The van der Waals surface area contributed by atoms with Gasteiger partial charge in [-0.15, -0.1) is 5.10 Å². The van der Waals surface area contributed by atoms with Crippen molar-refractivity contribution in [2.24, 2.45) is 11.7 Å². The Kier molecular flexibility index (Phi) is 14.4. The SMILES string of the molecule is COCc1cn(CCC[C@H](NC(=O)C(C)(C)N)C(=O)NC(C)(C)C(=O)NC(C)(C)C(=O)NC(C)(C)C(=O)NC(C)(C)C(=O)NCC2C=CC=C2)nn1. The molecule has 0 unspecified atom stereocenters. The number of carbonyl (C=O) groups is 6. The number of ether oxygens (including phenoxy) is 1. The van der Waals surface area contributed by atoms with Gasteiger partial charge in [-0.05, 0) is 82.1 Å². The zero-order valence-corrected chi connectivity index (χ0v) is 32.4. The van der Waals surface area contributed by atoms with Crippen LogP contribution >= 0.6 is 0 Å². The third-order valence-corrected chi connectivity index (χ3v) is 8.28. The van der Waals surface area contributed by atoms with Gasteiger partial charge in [0.1, 0.15) is 33.9 Å². The van der Waals surface area contributed by atoms with Crippen molar-refractivity contribution >= 4 is 35.4 Å². The van der Waals surface area contributed by atoms with Crippen molar-refractivity contribution in [2.75, 3.05) is 13.7 Å². The topological polar surface area (TPSA) is 241 Å². The number of nitrogens with zero attached hydrogens (tertiary/aromatic N) is 3. The summed E-state index contributed by atoms with van der Waals surface area (Å²) < 4.78 is 6.65. The molecule has 0 aliphatic heterocycles. The summed E-state index contributed by atoms with van der Waals surface area (Å²) in [5.41, 5.74) is -0.559. The molecule has 290 valence electrons. The highest BCUT2D eigenvalue weighted by molar-refractivity contribution is 6.00. The average molecular weight is 731 g/mol. The summed E-state index contributed by atoms with van der Waals surface area (Å²) in [6.45, 7) is 15.9. The second-order valence-electron chi connectivity index (χ2n) is 15.8. The van der Waals surface area contributed by atoms with Crippen LogP contribution in [0.25, 0.3) is 0 Å². The first-order valence-electron chi connectivity index (χ1n) is 17.2. The smallest absolute Gasteiger partial charge is 0.246 e. The summed E-state index contributed by atoms with van der Waals surface area (Å²) in [5, 5.41) is 24.2. The van der Waals surface area contributed by atoms with Crippen LogP contribution in [0.3, 0.4) is 0 Å². The molecule has 0 saturated carbocycles. The molecule has 1 aromatic heterocycles. The van der Waals surface area contributed by atoms with E-state index >= 15 is 0 Å². The number of allylic oxidation sites excluding steroid dienone is 2. The van der Waals surface area contributed by atoms with Gasteiger partial charge in [-0.2, -0.15) is 0 Å². The molecule has 1 aliphatic rings. The van der Waals surface area contributed by atoms with Crippen LogP contribution in [0.2, 0.25) is 0 Å². The summed E-state index contributed by atoms with van der Waals surface area (Å²) in [5.74, 6) is -3.55. The number of methoxy groups -OCH3 is 1. The molecule has 1 aromatic rings. The molecule has 0 fully saturated rings. The molecule has 8 N–H and O–H groups in total. The Bertz CT molecular complexity index is 1520. The molecule has 17 heteroatoms. The van der Waals surface area contributed by atoms with Gasteiger partial charge in [-0.1, -0.05) is 29.5 Å². The van der Waals surface area contributed by atoms with E-state index in [4.69, 9.17) is 10.5 Å². The van der Waals surface area contributed by atoms with Crippen molar-refractivity contribution in [3.8, 4) is 0 Å². The maximum atomic E-state index is 13.5. The number of nitrogens with two attached hydrogens (primary N) is 1. The minimum absolute atomic E-state index is 0.0689. The summed E-state index contributed by atoms with van der Waals surface area (Å²) in [6.07, 6.45) is 9.99. The highest BCUT2D eigenvalue weighted by atomic mass is 16.5. The van der Waals surface area contributed by atoms with E-state index in [9.17, 15) is 28.8 Å². The monoisotopic (exact) mass is 730 g/mol. The Balaban J connectivity index is 2.05. The van der Waals surface area contributed by atoms with E-state index < -0.39 is 69.2 Å². The van der Waals surface area contributed by atoms with Crippen molar-refractivity contribution in [3.63, 3.8) is 0 Å². The molecule has 17 nitrogen and oxygen atoms in total. The lowest BCUT2D eigenvalue weighted by molar-refractivity contribution is -0.141. The zero-order chi connectivity index (χ0) is 39.7. The molecule has 0 spiro atoms. The summed E-state index contributed by atoms with van der Waals surface area (Å²) in [4.78, 5) is 79.4. The Morgan fingerprint density at radius 1 is 0.769 bits per heavy atom. The Morgan fingerprint density at radius 3 is 1.73 bits per heavy atom. The predicted octanol–water partition coefficient (Wildman–Crippen LogP) is -0.136. The number of carbonyl (C=O) groups excluding carboxylic acids is 6. The minimum atomic E-state index is -1.55. The van der Waals surface area contributed by atoms with Gasteiger partial charge >= 0.3 is 0 Å². The molecule has 52 heavy (non-hydrogen) atoms. The number of amides is 6. The molecule has 0 aromatic carbocycles. The van der Waals surface area contributed by atoms with Gasteiger partial charge in [0, 0.05) is 26.1 Å². The fourth-order valence-corrected chi connectivity index (χ4v) is 4.72. The maximum absolute atomic E-state index is 13.5. The molecule has 2 rings (SSSR count). The van der Waals surface area contributed by atoms with E-state index in [1.165, 1.54) is 55.4 Å². The van der Waals surface area contributed by atoms with E-state index in [-0.39, 0.29) is 12.3 Å². The number of nitrogens with one attached hydrogen (secondary N) is 6. The van der Waals surface area contributed by atoms with Crippen LogP contribution in [-0.4, -0.2) is 97.8 Å². The van der Waals surface area contributed by atoms with E-state index in [2.05, 4.69) is 42.2 Å². The second kappa shape index (κ2) is 17.3. The van der Waals surface area contributed by atoms with Crippen molar-refractivity contribution in [2.45, 2.75) is 129 Å². The van der Waals surface area contributed by atoms with E-state index in [0.29, 0.717) is 31.8 Å². The normalized spacial score (nSPS) is 14.4. The van der Waals surface area contributed by atoms with Gasteiger partial charge in [0.2, 0.25) is 35.4 Å². The Hall–Kier alpha value is -4.64. The van der Waals surface area contributed by atoms with Gasteiger partial charge < -0.3 is 42.4 Å². The molecule has 1 heterocycles.